The molecule has 1 aliphatic carbocycles. The van der Waals surface area contributed by atoms with Crippen molar-refractivity contribution >= 4 is 6.08 Å². The van der Waals surface area contributed by atoms with E-state index in [1.165, 1.54) is 62.5 Å². The van der Waals surface area contributed by atoms with E-state index in [-0.39, 0.29) is 0 Å². The van der Waals surface area contributed by atoms with Crippen molar-refractivity contribution in [2.75, 3.05) is 0 Å². The smallest absolute Gasteiger partial charge is 0.0109 e. The van der Waals surface area contributed by atoms with Crippen LogP contribution in [0.5, 0.6) is 0 Å². The van der Waals surface area contributed by atoms with Crippen LogP contribution in [-0.2, 0) is 6.42 Å². The molecule has 0 spiro atoms. The summed E-state index contributed by atoms with van der Waals surface area (Å²) < 4.78 is 0. The summed E-state index contributed by atoms with van der Waals surface area (Å²) in [6.07, 6.45) is 20.7. The van der Waals surface area contributed by atoms with E-state index in [1.54, 1.807) is 0 Å². The Morgan fingerprint density at radius 2 is 1.64 bits per heavy atom. The molecule has 0 nitrogen and oxygen atoms in total. The normalized spacial score (nSPS) is 20.7. The van der Waals surface area contributed by atoms with Crippen molar-refractivity contribution in [1.29, 1.82) is 0 Å². The van der Waals surface area contributed by atoms with Crippen molar-refractivity contribution in [1.82, 2.24) is 0 Å². The van der Waals surface area contributed by atoms with Gasteiger partial charge in [0.2, 0.25) is 0 Å². The van der Waals surface area contributed by atoms with Gasteiger partial charge in [0.15, 0.2) is 0 Å². The highest BCUT2D eigenvalue weighted by Crippen LogP contribution is 2.32. The van der Waals surface area contributed by atoms with E-state index in [0.717, 1.165) is 18.3 Å². The van der Waals surface area contributed by atoms with E-state index < -0.39 is 0 Å². The predicted molar refractivity (Wildman–Crippen MR) is 111 cm³/mol. The first kappa shape index (κ1) is 19.6. The summed E-state index contributed by atoms with van der Waals surface area (Å²) in [5, 5.41) is 0. The average Bonchev–Trinajstić information content (AvgIpc) is 2.66. The number of hydrogen-bond donors (Lipinski definition) is 0. The summed E-state index contributed by atoms with van der Waals surface area (Å²) in [7, 11) is 0. The molecule has 0 aliphatic heterocycles. The van der Waals surface area contributed by atoms with Crippen LogP contribution >= 0.6 is 0 Å². The zero-order chi connectivity index (χ0) is 17.7. The highest BCUT2D eigenvalue weighted by atomic mass is 14.2. The zero-order valence-corrected chi connectivity index (χ0v) is 16.1. The number of hydrogen-bond acceptors (Lipinski definition) is 0. The van der Waals surface area contributed by atoms with E-state index in [9.17, 15) is 0 Å². The molecule has 1 aliphatic rings. The van der Waals surface area contributed by atoms with Gasteiger partial charge in [-0.2, -0.15) is 0 Å². The van der Waals surface area contributed by atoms with Crippen molar-refractivity contribution in [3.05, 3.63) is 53.6 Å². The summed E-state index contributed by atoms with van der Waals surface area (Å²) in [5.41, 5.74) is 2.60. The lowest BCUT2D eigenvalue weighted by Crippen LogP contribution is -2.12. The van der Waals surface area contributed by atoms with Crippen LogP contribution in [0.15, 0.2) is 42.5 Å². The Hall–Kier alpha value is -1.74. The van der Waals surface area contributed by atoms with E-state index in [1.807, 2.05) is 6.08 Å². The molecular weight excluding hydrogens is 300 g/mol. The van der Waals surface area contributed by atoms with Gasteiger partial charge in [0, 0.05) is 0 Å². The first-order valence-electron chi connectivity index (χ1n) is 10.2. The fraction of sp³-hybridized carbons (Fsp3) is 0.520. The predicted octanol–water partition coefficient (Wildman–Crippen LogP) is 7.21. The fourth-order valence-electron chi connectivity index (χ4n) is 3.64. The van der Waals surface area contributed by atoms with Crippen LogP contribution in [0.4, 0.5) is 0 Å². The molecule has 0 amide bonds. The lowest BCUT2D eigenvalue weighted by atomic mass is 9.79. The monoisotopic (exact) mass is 334 g/mol. The third-order valence-electron chi connectivity index (χ3n) is 5.39. The third-order valence-corrected chi connectivity index (χ3v) is 5.39. The van der Waals surface area contributed by atoms with Gasteiger partial charge < -0.3 is 0 Å². The standard InChI is InChI=1S/C25H34/c1-3-5-8-11-23-18-20-25(21-19-23)13-10-7-6-9-12-24-16-14-22(4-2)15-17-24/h9-10,12-17,23,25H,3-5,8,11,18-21H2,1-2H3/b12-9+,13-10+/t23-,25-. The van der Waals surface area contributed by atoms with E-state index in [4.69, 9.17) is 0 Å². The highest BCUT2D eigenvalue weighted by Gasteiger charge is 2.18. The number of allylic oxidation sites excluding steroid dienone is 3. The lowest BCUT2D eigenvalue weighted by Gasteiger charge is -2.26. The summed E-state index contributed by atoms with van der Waals surface area (Å²) in [4.78, 5) is 0. The Labute approximate surface area is 155 Å². The maximum atomic E-state index is 3.16. The van der Waals surface area contributed by atoms with Crippen LogP contribution in [0.25, 0.3) is 6.08 Å². The third kappa shape index (κ3) is 7.78. The fourth-order valence-corrected chi connectivity index (χ4v) is 3.64. The molecule has 2 rings (SSSR count). The average molecular weight is 335 g/mol. The quantitative estimate of drug-likeness (QED) is 0.365. The number of benzene rings is 1. The topological polar surface area (TPSA) is 0 Å². The maximum absolute atomic E-state index is 3.16. The molecule has 0 aromatic heterocycles. The maximum Gasteiger partial charge on any atom is -0.0109 e. The van der Waals surface area contributed by atoms with Gasteiger partial charge in [-0.25, -0.2) is 0 Å². The Kier molecular flexibility index (Phi) is 9.21. The molecule has 134 valence electrons. The Bertz CT molecular complexity index is 583. The second kappa shape index (κ2) is 11.8. The molecule has 0 heterocycles. The molecule has 1 saturated carbocycles. The summed E-state index contributed by atoms with van der Waals surface area (Å²) in [6.45, 7) is 4.47. The van der Waals surface area contributed by atoms with Crippen molar-refractivity contribution in [2.24, 2.45) is 11.8 Å². The van der Waals surface area contributed by atoms with Gasteiger partial charge in [0.1, 0.15) is 0 Å². The molecular formula is C25H34. The van der Waals surface area contributed by atoms with Gasteiger partial charge in [-0.15, -0.1) is 0 Å². The molecule has 0 unspecified atom stereocenters. The number of rotatable bonds is 7. The molecule has 0 N–H and O–H groups in total. The van der Waals surface area contributed by atoms with Crippen LogP contribution in [0.2, 0.25) is 0 Å². The summed E-state index contributed by atoms with van der Waals surface area (Å²) in [5.74, 6) is 8.03. The molecule has 0 heteroatoms. The van der Waals surface area contributed by atoms with Gasteiger partial charge in [0.25, 0.3) is 0 Å². The lowest BCUT2D eigenvalue weighted by molar-refractivity contribution is 0.289. The van der Waals surface area contributed by atoms with E-state index in [2.05, 4.69) is 68.2 Å². The SMILES string of the molecule is CCCCC[C@H]1CC[C@H](/C=C/C#C/C=C/c2ccc(CC)cc2)CC1. The van der Waals surface area contributed by atoms with Gasteiger partial charge >= 0.3 is 0 Å². The Morgan fingerprint density at radius 1 is 0.920 bits per heavy atom. The van der Waals surface area contributed by atoms with E-state index >= 15 is 0 Å². The van der Waals surface area contributed by atoms with Gasteiger partial charge in [-0.05, 0) is 73.3 Å². The Morgan fingerprint density at radius 3 is 2.32 bits per heavy atom. The highest BCUT2D eigenvalue weighted by molar-refractivity contribution is 5.53. The molecule has 0 radical (unpaired) electrons. The van der Waals surface area contributed by atoms with Crippen molar-refractivity contribution < 1.29 is 0 Å². The minimum Gasteiger partial charge on any atom is -0.0730 e. The summed E-state index contributed by atoms with van der Waals surface area (Å²) >= 11 is 0. The van der Waals surface area contributed by atoms with Crippen LogP contribution in [0.1, 0.15) is 76.3 Å². The first-order valence-corrected chi connectivity index (χ1v) is 10.2. The molecule has 1 fully saturated rings. The van der Waals surface area contributed by atoms with Crippen LogP contribution < -0.4 is 0 Å². The first-order chi connectivity index (χ1) is 12.3. The van der Waals surface area contributed by atoms with Crippen molar-refractivity contribution in [3.8, 4) is 11.8 Å². The van der Waals surface area contributed by atoms with Gasteiger partial charge in [-0.1, -0.05) is 81.7 Å². The molecule has 0 bridgehead atoms. The molecule has 0 saturated heterocycles. The Balaban J connectivity index is 1.68. The summed E-state index contributed by atoms with van der Waals surface area (Å²) in [6, 6.07) is 8.69. The van der Waals surface area contributed by atoms with Crippen LogP contribution in [-0.4, -0.2) is 0 Å². The minimum absolute atomic E-state index is 0.752. The zero-order valence-electron chi connectivity index (χ0n) is 16.1. The molecule has 0 atom stereocenters. The van der Waals surface area contributed by atoms with Gasteiger partial charge in [-0.3, -0.25) is 0 Å². The van der Waals surface area contributed by atoms with Gasteiger partial charge in [0.05, 0.1) is 0 Å². The largest absolute Gasteiger partial charge is 0.0730 e. The number of aryl methyl sites for hydroxylation is 1. The second-order valence-corrected chi connectivity index (χ2v) is 7.35. The molecule has 25 heavy (non-hydrogen) atoms. The van der Waals surface area contributed by atoms with Crippen LogP contribution in [0, 0.1) is 23.7 Å². The minimum atomic E-state index is 0.752. The van der Waals surface area contributed by atoms with Crippen LogP contribution in [0.3, 0.4) is 0 Å². The van der Waals surface area contributed by atoms with Crippen molar-refractivity contribution in [2.45, 2.75) is 71.6 Å². The second-order valence-electron chi connectivity index (χ2n) is 7.35. The molecule has 1 aromatic carbocycles. The van der Waals surface area contributed by atoms with E-state index in [0.29, 0.717) is 0 Å². The number of unbranched alkanes of at least 4 members (excludes halogenated alkanes) is 2. The van der Waals surface area contributed by atoms with Crippen molar-refractivity contribution in [3.63, 3.8) is 0 Å². The molecule has 1 aromatic rings.